The van der Waals surface area contributed by atoms with Gasteiger partial charge in [-0.2, -0.15) is 0 Å². The van der Waals surface area contributed by atoms with Crippen molar-refractivity contribution in [2.45, 2.75) is 12.5 Å². The molecular weight excluding hydrogens is 218 g/mol. The van der Waals surface area contributed by atoms with Crippen LogP contribution in [-0.2, 0) is 9.59 Å². The highest BCUT2D eigenvalue weighted by Gasteiger charge is 2.42. The SMILES string of the molecule is CNC(=O)[C@H]1CC(=O)N(C)[C@H]1c1cccnc1. The van der Waals surface area contributed by atoms with E-state index in [0.717, 1.165) is 5.56 Å². The molecule has 1 aliphatic heterocycles. The van der Waals surface area contributed by atoms with E-state index in [1.807, 2.05) is 12.1 Å². The highest BCUT2D eigenvalue weighted by Crippen LogP contribution is 2.36. The quantitative estimate of drug-likeness (QED) is 0.801. The minimum absolute atomic E-state index is 0.00699. The highest BCUT2D eigenvalue weighted by atomic mass is 16.2. The zero-order valence-electron chi connectivity index (χ0n) is 9.88. The lowest BCUT2D eigenvalue weighted by atomic mass is 9.94. The van der Waals surface area contributed by atoms with Crippen molar-refractivity contribution in [3.05, 3.63) is 30.1 Å². The maximum Gasteiger partial charge on any atom is 0.225 e. The van der Waals surface area contributed by atoms with E-state index in [4.69, 9.17) is 0 Å². The van der Waals surface area contributed by atoms with Crippen LogP contribution in [0.5, 0.6) is 0 Å². The summed E-state index contributed by atoms with van der Waals surface area (Å²) in [4.78, 5) is 29.2. The van der Waals surface area contributed by atoms with Gasteiger partial charge in [-0.15, -0.1) is 0 Å². The molecule has 2 atom stereocenters. The van der Waals surface area contributed by atoms with Crippen LogP contribution in [0.15, 0.2) is 24.5 Å². The van der Waals surface area contributed by atoms with Gasteiger partial charge in [0.25, 0.3) is 0 Å². The molecule has 17 heavy (non-hydrogen) atoms. The second kappa shape index (κ2) is 4.53. The average molecular weight is 233 g/mol. The Kier molecular flexibility index (Phi) is 3.08. The molecule has 2 heterocycles. The molecule has 1 aromatic rings. The van der Waals surface area contributed by atoms with Crippen LogP contribution in [-0.4, -0.2) is 35.8 Å². The summed E-state index contributed by atoms with van der Waals surface area (Å²) in [6.07, 6.45) is 3.64. The van der Waals surface area contributed by atoms with Gasteiger partial charge < -0.3 is 10.2 Å². The Hall–Kier alpha value is -1.91. The number of hydrogen-bond acceptors (Lipinski definition) is 3. The van der Waals surface area contributed by atoms with Gasteiger partial charge in [0.2, 0.25) is 11.8 Å². The largest absolute Gasteiger partial charge is 0.359 e. The van der Waals surface area contributed by atoms with Gasteiger partial charge in [0, 0.05) is 32.9 Å². The zero-order valence-corrected chi connectivity index (χ0v) is 9.88. The number of nitrogens with zero attached hydrogens (tertiary/aromatic N) is 2. The molecule has 1 N–H and O–H groups in total. The fourth-order valence-electron chi connectivity index (χ4n) is 2.30. The Morgan fingerprint density at radius 2 is 2.35 bits per heavy atom. The zero-order chi connectivity index (χ0) is 12.4. The molecule has 0 unspecified atom stereocenters. The average Bonchev–Trinajstić information content (AvgIpc) is 2.66. The van der Waals surface area contributed by atoms with E-state index in [1.165, 1.54) is 0 Å². The van der Waals surface area contributed by atoms with Crippen LogP contribution in [0.2, 0.25) is 0 Å². The molecule has 1 fully saturated rings. The summed E-state index contributed by atoms with van der Waals surface area (Å²) in [7, 11) is 3.31. The molecule has 5 heteroatoms. The molecule has 0 saturated carbocycles. The molecule has 2 rings (SSSR count). The van der Waals surface area contributed by atoms with Crippen molar-refractivity contribution in [3.8, 4) is 0 Å². The van der Waals surface area contributed by atoms with Gasteiger partial charge in [-0.05, 0) is 11.6 Å². The Labute approximate surface area is 99.8 Å². The van der Waals surface area contributed by atoms with Crippen LogP contribution in [0.4, 0.5) is 0 Å². The molecule has 1 aromatic heterocycles. The lowest BCUT2D eigenvalue weighted by molar-refractivity contribution is -0.128. The number of nitrogens with one attached hydrogen (secondary N) is 1. The second-order valence-corrected chi connectivity index (χ2v) is 4.16. The smallest absolute Gasteiger partial charge is 0.225 e. The number of pyridine rings is 1. The first-order chi connectivity index (χ1) is 8.15. The summed E-state index contributed by atoms with van der Waals surface area (Å²) < 4.78 is 0. The number of amides is 2. The first-order valence-corrected chi connectivity index (χ1v) is 5.52. The van der Waals surface area contributed by atoms with Gasteiger partial charge in [0.15, 0.2) is 0 Å². The van der Waals surface area contributed by atoms with Crippen molar-refractivity contribution in [2.75, 3.05) is 14.1 Å². The first-order valence-electron chi connectivity index (χ1n) is 5.52. The Bertz CT molecular complexity index is 433. The number of hydrogen-bond donors (Lipinski definition) is 1. The molecule has 0 aliphatic carbocycles. The van der Waals surface area contributed by atoms with E-state index in [-0.39, 0.29) is 30.2 Å². The standard InChI is InChI=1S/C12H15N3O2/c1-13-12(17)9-6-10(16)15(2)11(9)8-4-3-5-14-7-8/h3-5,7,9,11H,6H2,1-2H3,(H,13,17)/t9-,11-/m0/s1. The molecule has 5 nitrogen and oxygen atoms in total. The molecule has 1 saturated heterocycles. The van der Waals surface area contributed by atoms with Crippen molar-refractivity contribution < 1.29 is 9.59 Å². The van der Waals surface area contributed by atoms with Gasteiger partial charge in [-0.3, -0.25) is 14.6 Å². The molecule has 90 valence electrons. The molecule has 1 aliphatic rings. The van der Waals surface area contributed by atoms with Crippen molar-refractivity contribution in [1.82, 2.24) is 15.2 Å². The summed E-state index contributed by atoms with van der Waals surface area (Å²) in [6, 6.07) is 3.49. The molecule has 0 radical (unpaired) electrons. The van der Waals surface area contributed by atoms with Crippen LogP contribution >= 0.6 is 0 Å². The molecule has 0 aromatic carbocycles. The summed E-state index contributed by atoms with van der Waals surface area (Å²) in [5.41, 5.74) is 0.898. The number of carbonyl (C=O) groups excluding carboxylic acids is 2. The number of aromatic nitrogens is 1. The number of carbonyl (C=O) groups is 2. The minimum Gasteiger partial charge on any atom is -0.359 e. The highest BCUT2D eigenvalue weighted by molar-refractivity contribution is 5.90. The van der Waals surface area contributed by atoms with Crippen molar-refractivity contribution in [3.63, 3.8) is 0 Å². The van der Waals surface area contributed by atoms with Crippen molar-refractivity contribution in [2.24, 2.45) is 5.92 Å². The predicted octanol–water partition coefficient (Wildman–Crippen LogP) is 0.347. The van der Waals surface area contributed by atoms with E-state index in [9.17, 15) is 9.59 Å². The lowest BCUT2D eigenvalue weighted by Gasteiger charge is -2.24. The van der Waals surface area contributed by atoms with Crippen LogP contribution in [0.25, 0.3) is 0 Å². The Morgan fingerprint density at radius 1 is 1.59 bits per heavy atom. The van der Waals surface area contributed by atoms with E-state index in [0.29, 0.717) is 0 Å². The fourth-order valence-corrected chi connectivity index (χ4v) is 2.30. The van der Waals surface area contributed by atoms with Crippen LogP contribution in [0.3, 0.4) is 0 Å². The van der Waals surface area contributed by atoms with Gasteiger partial charge >= 0.3 is 0 Å². The normalized spacial score (nSPS) is 23.9. The second-order valence-electron chi connectivity index (χ2n) is 4.16. The minimum atomic E-state index is -0.332. The molecule has 0 bridgehead atoms. The van der Waals surface area contributed by atoms with Gasteiger partial charge in [-0.1, -0.05) is 6.07 Å². The van der Waals surface area contributed by atoms with E-state index >= 15 is 0 Å². The van der Waals surface area contributed by atoms with Crippen molar-refractivity contribution in [1.29, 1.82) is 0 Å². The summed E-state index contributed by atoms with van der Waals surface area (Å²) >= 11 is 0. The Balaban J connectivity index is 2.34. The van der Waals surface area contributed by atoms with Crippen LogP contribution in [0, 0.1) is 5.92 Å². The Morgan fingerprint density at radius 3 is 2.94 bits per heavy atom. The molecule has 0 spiro atoms. The van der Waals surface area contributed by atoms with Crippen LogP contribution < -0.4 is 5.32 Å². The maximum absolute atomic E-state index is 11.8. The monoisotopic (exact) mass is 233 g/mol. The van der Waals surface area contributed by atoms with Crippen molar-refractivity contribution >= 4 is 11.8 Å². The summed E-state index contributed by atoms with van der Waals surface area (Å²) in [6.45, 7) is 0. The van der Waals surface area contributed by atoms with E-state index in [2.05, 4.69) is 10.3 Å². The molecular formula is C12H15N3O2. The molecule has 2 amide bonds. The summed E-state index contributed by atoms with van der Waals surface area (Å²) in [5, 5.41) is 2.61. The van der Waals surface area contributed by atoms with E-state index in [1.54, 1.807) is 31.4 Å². The topological polar surface area (TPSA) is 62.3 Å². The predicted molar refractivity (Wildman–Crippen MR) is 61.9 cm³/mol. The van der Waals surface area contributed by atoms with Gasteiger partial charge in [-0.25, -0.2) is 0 Å². The maximum atomic E-state index is 11.8. The number of rotatable bonds is 2. The van der Waals surface area contributed by atoms with Gasteiger partial charge in [0.1, 0.15) is 0 Å². The van der Waals surface area contributed by atoms with Gasteiger partial charge in [0.05, 0.1) is 12.0 Å². The summed E-state index contributed by atoms with van der Waals surface area (Å²) in [5.74, 6) is -0.439. The fraction of sp³-hybridized carbons (Fsp3) is 0.417. The van der Waals surface area contributed by atoms with E-state index < -0.39 is 0 Å². The van der Waals surface area contributed by atoms with Crippen LogP contribution in [0.1, 0.15) is 18.0 Å². The lowest BCUT2D eigenvalue weighted by Crippen LogP contribution is -2.32. The number of likely N-dealkylation sites (tertiary alicyclic amines) is 1. The third kappa shape index (κ3) is 2.00. The third-order valence-electron chi connectivity index (χ3n) is 3.20. The third-order valence-corrected chi connectivity index (χ3v) is 3.20. The first kappa shape index (κ1) is 11.6.